The number of hydrazone groups is 1. The van der Waals surface area contributed by atoms with Crippen LogP contribution in [0.5, 0.6) is 5.75 Å². The first-order chi connectivity index (χ1) is 15.6. The van der Waals surface area contributed by atoms with Gasteiger partial charge in [-0.1, -0.05) is 48.5 Å². The summed E-state index contributed by atoms with van der Waals surface area (Å²) in [6.45, 7) is 2.08. The Balaban J connectivity index is 1.67. The molecule has 4 aromatic rings. The number of carbonyl (C=O) groups is 1. The highest BCUT2D eigenvalue weighted by Crippen LogP contribution is 2.28. The molecule has 0 unspecified atom stereocenters. The van der Waals surface area contributed by atoms with Crippen LogP contribution in [0.25, 0.3) is 17.1 Å². The molecule has 0 bridgehead atoms. The number of carbonyl (C=O) groups excluding carboxylic acids is 1. The Morgan fingerprint density at radius 1 is 1.25 bits per heavy atom. The van der Waals surface area contributed by atoms with Crippen LogP contribution in [0.1, 0.15) is 28.5 Å². The van der Waals surface area contributed by atoms with Gasteiger partial charge < -0.3 is 10.5 Å². The van der Waals surface area contributed by atoms with Crippen molar-refractivity contribution in [1.29, 1.82) is 0 Å². The molecule has 0 saturated heterocycles. The lowest BCUT2D eigenvalue weighted by Crippen LogP contribution is -2.19. The Kier molecular flexibility index (Phi) is 5.88. The molecular weight excluding hydrogens is 412 g/mol. The van der Waals surface area contributed by atoms with Crippen LogP contribution in [0.2, 0.25) is 0 Å². The molecule has 2 aromatic heterocycles. The van der Waals surface area contributed by atoms with Crippen molar-refractivity contribution < 1.29 is 14.2 Å². The average Bonchev–Trinajstić information content (AvgIpc) is 3.45. The van der Waals surface area contributed by atoms with Crippen LogP contribution in [-0.2, 0) is 6.42 Å². The highest BCUT2D eigenvalue weighted by atomic mass is 16.6. The van der Waals surface area contributed by atoms with Crippen molar-refractivity contribution in [3.63, 3.8) is 0 Å². The van der Waals surface area contributed by atoms with E-state index in [1.54, 1.807) is 37.6 Å². The lowest BCUT2D eigenvalue weighted by Gasteiger charge is -2.07. The van der Waals surface area contributed by atoms with Crippen molar-refractivity contribution in [2.45, 2.75) is 13.3 Å². The first-order valence-electron chi connectivity index (χ1n) is 9.71. The second-order valence-corrected chi connectivity index (χ2v) is 6.70. The largest absolute Gasteiger partial charge is 0.497 e. The molecule has 11 heteroatoms. The Bertz CT molecular complexity index is 1260. The maximum absolute atomic E-state index is 12.9. The van der Waals surface area contributed by atoms with E-state index in [1.807, 2.05) is 24.3 Å². The molecule has 0 aliphatic rings. The van der Waals surface area contributed by atoms with Crippen LogP contribution in [0.3, 0.4) is 0 Å². The van der Waals surface area contributed by atoms with Crippen LogP contribution < -0.4 is 15.9 Å². The predicted octanol–water partition coefficient (Wildman–Crippen LogP) is 2.23. The number of nitrogens with two attached hydrogens (primary N) is 1. The van der Waals surface area contributed by atoms with Gasteiger partial charge in [0.25, 0.3) is 5.91 Å². The molecule has 11 nitrogen and oxygen atoms in total. The molecule has 1 amide bonds. The summed E-state index contributed by atoms with van der Waals surface area (Å²) < 4.78 is 11.2. The van der Waals surface area contributed by atoms with Crippen LogP contribution in [-0.4, -0.2) is 44.5 Å². The van der Waals surface area contributed by atoms with Crippen molar-refractivity contribution in [3.05, 3.63) is 65.4 Å². The SMILES string of the molecule is CCc1ccc(/C=N\NC(=O)c2nnn(-c3nonc3N)c2-c2cccc(OC)c2)cc1. The minimum atomic E-state index is -0.564. The number of methoxy groups -OCH3 is 1. The quantitative estimate of drug-likeness (QED) is 0.334. The van der Waals surface area contributed by atoms with Gasteiger partial charge in [0.1, 0.15) is 11.4 Å². The summed E-state index contributed by atoms with van der Waals surface area (Å²) in [6, 6.07) is 14.9. The minimum Gasteiger partial charge on any atom is -0.497 e. The number of nitrogens with one attached hydrogen (secondary N) is 1. The van der Waals surface area contributed by atoms with E-state index in [0.717, 1.165) is 12.0 Å². The van der Waals surface area contributed by atoms with Crippen molar-refractivity contribution in [3.8, 4) is 22.8 Å². The molecular formula is C21H20N8O3. The monoisotopic (exact) mass is 432 g/mol. The number of hydrogen-bond donors (Lipinski definition) is 2. The Hall–Kier alpha value is -4.54. The number of benzene rings is 2. The molecule has 0 fully saturated rings. The summed E-state index contributed by atoms with van der Waals surface area (Å²) in [5.74, 6) is 0.125. The van der Waals surface area contributed by atoms with E-state index in [2.05, 4.69) is 42.7 Å². The third-order valence-electron chi connectivity index (χ3n) is 4.69. The van der Waals surface area contributed by atoms with Gasteiger partial charge in [0, 0.05) is 5.56 Å². The van der Waals surface area contributed by atoms with Gasteiger partial charge in [0.05, 0.1) is 13.3 Å². The van der Waals surface area contributed by atoms with Crippen molar-refractivity contribution >= 4 is 17.9 Å². The fourth-order valence-corrected chi connectivity index (χ4v) is 3.01. The molecule has 0 aliphatic carbocycles. The second kappa shape index (κ2) is 9.08. The van der Waals surface area contributed by atoms with Gasteiger partial charge >= 0.3 is 0 Å². The lowest BCUT2D eigenvalue weighted by atomic mass is 10.1. The van der Waals surface area contributed by atoms with Crippen LogP contribution >= 0.6 is 0 Å². The van der Waals surface area contributed by atoms with Gasteiger partial charge in [0.15, 0.2) is 5.69 Å². The van der Waals surface area contributed by atoms with Gasteiger partial charge in [-0.2, -0.15) is 9.78 Å². The van der Waals surface area contributed by atoms with Gasteiger partial charge in [-0.3, -0.25) is 4.79 Å². The molecule has 0 saturated carbocycles. The van der Waals surface area contributed by atoms with E-state index in [1.165, 1.54) is 10.2 Å². The normalized spacial score (nSPS) is 11.1. The smallest absolute Gasteiger partial charge is 0.294 e. The van der Waals surface area contributed by atoms with Gasteiger partial charge in [-0.25, -0.2) is 10.1 Å². The van der Waals surface area contributed by atoms with E-state index in [0.29, 0.717) is 17.0 Å². The Morgan fingerprint density at radius 2 is 2.06 bits per heavy atom. The highest BCUT2D eigenvalue weighted by Gasteiger charge is 2.25. The van der Waals surface area contributed by atoms with Crippen LogP contribution in [0, 0.1) is 0 Å². The number of nitrogen functional groups attached to an aromatic ring is 1. The van der Waals surface area contributed by atoms with E-state index >= 15 is 0 Å². The van der Waals surface area contributed by atoms with E-state index in [9.17, 15) is 4.79 Å². The molecule has 32 heavy (non-hydrogen) atoms. The number of hydrogen-bond acceptors (Lipinski definition) is 9. The molecule has 162 valence electrons. The van der Waals surface area contributed by atoms with E-state index in [4.69, 9.17) is 10.5 Å². The minimum absolute atomic E-state index is 0.000416. The van der Waals surface area contributed by atoms with Gasteiger partial charge in [-0.15, -0.1) is 5.10 Å². The highest BCUT2D eigenvalue weighted by molar-refractivity contribution is 5.98. The fraction of sp³-hybridized carbons (Fsp3) is 0.143. The van der Waals surface area contributed by atoms with E-state index in [-0.39, 0.29) is 17.3 Å². The number of rotatable bonds is 7. The zero-order valence-corrected chi connectivity index (χ0v) is 17.4. The van der Waals surface area contributed by atoms with Crippen molar-refractivity contribution in [2.75, 3.05) is 12.8 Å². The Labute approximate surface area is 182 Å². The summed E-state index contributed by atoms with van der Waals surface area (Å²) in [5.41, 5.74) is 11.3. The second-order valence-electron chi connectivity index (χ2n) is 6.70. The maximum Gasteiger partial charge on any atom is 0.294 e. The summed E-state index contributed by atoms with van der Waals surface area (Å²) >= 11 is 0. The standard InChI is InChI=1S/C21H20N8O3/c1-3-13-7-9-14(10-8-13)12-23-25-21(30)17-18(15-5-4-6-16(11-15)31-2)29(28-24-17)20-19(22)26-32-27-20/h4-12H,3H2,1-2H3,(H2,22,26)(H,25,30)/b23-12-. The number of aryl methyl sites for hydroxylation is 1. The Morgan fingerprint density at radius 3 is 2.75 bits per heavy atom. The molecule has 0 aliphatic heterocycles. The average molecular weight is 432 g/mol. The van der Waals surface area contributed by atoms with Crippen molar-refractivity contribution in [1.82, 2.24) is 30.7 Å². The fourth-order valence-electron chi connectivity index (χ4n) is 3.01. The number of nitrogens with zero attached hydrogens (tertiary/aromatic N) is 6. The van der Waals surface area contributed by atoms with Crippen molar-refractivity contribution in [2.24, 2.45) is 5.10 Å². The lowest BCUT2D eigenvalue weighted by molar-refractivity contribution is 0.0950. The topological polar surface area (TPSA) is 146 Å². The van der Waals surface area contributed by atoms with Gasteiger partial charge in [0.2, 0.25) is 11.6 Å². The maximum atomic E-state index is 12.9. The number of ether oxygens (including phenoxy) is 1. The zero-order chi connectivity index (χ0) is 22.5. The number of aromatic nitrogens is 5. The summed E-state index contributed by atoms with van der Waals surface area (Å²) in [7, 11) is 1.55. The predicted molar refractivity (Wildman–Crippen MR) is 116 cm³/mol. The third kappa shape index (κ3) is 4.17. The van der Waals surface area contributed by atoms with Gasteiger partial charge in [-0.05, 0) is 40.0 Å². The molecule has 2 heterocycles. The summed E-state index contributed by atoms with van der Waals surface area (Å²) in [5, 5.41) is 19.4. The molecule has 0 atom stereocenters. The number of anilines is 1. The number of amides is 1. The first kappa shape index (κ1) is 20.7. The molecule has 2 aromatic carbocycles. The summed E-state index contributed by atoms with van der Waals surface area (Å²) in [4.78, 5) is 12.9. The molecule has 4 rings (SSSR count). The molecule has 0 spiro atoms. The van der Waals surface area contributed by atoms with Crippen LogP contribution in [0.15, 0.2) is 58.3 Å². The zero-order valence-electron chi connectivity index (χ0n) is 17.4. The summed E-state index contributed by atoms with van der Waals surface area (Å²) in [6.07, 6.45) is 2.49. The molecule has 3 N–H and O–H groups in total. The third-order valence-corrected chi connectivity index (χ3v) is 4.69. The van der Waals surface area contributed by atoms with Crippen LogP contribution in [0.4, 0.5) is 5.82 Å². The molecule has 0 radical (unpaired) electrons. The first-order valence-corrected chi connectivity index (χ1v) is 9.71. The van der Waals surface area contributed by atoms with E-state index < -0.39 is 5.91 Å².